The van der Waals surface area contributed by atoms with Crippen LogP contribution in [0.15, 0.2) is 0 Å². The maximum absolute atomic E-state index is 10.2. The molecule has 60 valence electrons. The van der Waals surface area contributed by atoms with Crippen molar-refractivity contribution in [3.8, 4) is 11.2 Å². The van der Waals surface area contributed by atoms with Gasteiger partial charge in [0.15, 0.2) is 0 Å². The van der Waals surface area contributed by atoms with Gasteiger partial charge in [-0.2, -0.15) is 0 Å². The fourth-order valence-electron chi connectivity index (χ4n) is 0.668. The summed E-state index contributed by atoms with van der Waals surface area (Å²) in [6.07, 6.45) is 2.00. The van der Waals surface area contributed by atoms with E-state index in [1.165, 1.54) is 0 Å². The molecule has 0 N–H and O–H groups in total. The van der Waals surface area contributed by atoms with Crippen molar-refractivity contribution >= 4 is 64.2 Å². The molecule has 5 heteroatoms. The Kier molecular flexibility index (Phi) is 5.04. The van der Waals surface area contributed by atoms with Gasteiger partial charge in [-0.3, -0.25) is 0 Å². The smallest absolute Gasteiger partial charge is 0.124 e. The van der Waals surface area contributed by atoms with Gasteiger partial charge >= 0.3 is 0 Å². The third-order valence-electron chi connectivity index (χ3n) is 1.37. The van der Waals surface area contributed by atoms with Gasteiger partial charge in [0.05, 0.1) is 2.41 Å². The molecule has 1 rings (SSSR count). The maximum atomic E-state index is 10.2. The molecule has 1 fully saturated rings. The van der Waals surface area contributed by atoms with E-state index in [1.807, 2.05) is 0 Å². The van der Waals surface area contributed by atoms with Crippen LogP contribution in [0.1, 0.15) is 6.42 Å². The predicted molar refractivity (Wildman–Crippen MR) is 68.0 cm³/mol. The van der Waals surface area contributed by atoms with Crippen LogP contribution in [0, 0.1) is 23.0 Å². The number of aldehydes is 1. The molecule has 0 aromatic rings. The maximum Gasteiger partial charge on any atom is 0.124 e. The van der Waals surface area contributed by atoms with E-state index in [1.54, 1.807) is 11.4 Å². The zero-order valence-electron chi connectivity index (χ0n) is 5.46. The molecule has 0 radical (unpaired) electrons. The Hall–Kier alpha value is 1.47. The van der Waals surface area contributed by atoms with E-state index in [-0.39, 0.29) is 8.33 Å². The molecule has 1 aliphatic rings. The first-order valence-corrected chi connectivity index (χ1v) is 11.3. The average Bonchev–Trinajstić information content (AvgIpc) is 2.66. The van der Waals surface area contributed by atoms with E-state index in [0.717, 1.165) is 12.7 Å². The summed E-state index contributed by atoms with van der Waals surface area (Å²) >= 11 is 6.41. The van der Waals surface area contributed by atoms with Gasteiger partial charge in [0.25, 0.3) is 0 Å². The Labute approximate surface area is 97.3 Å². The second-order valence-electron chi connectivity index (χ2n) is 2.18. The number of hydrogen-bond donors (Lipinski definition) is 0. The quantitative estimate of drug-likeness (QED) is 0.300. The summed E-state index contributed by atoms with van der Waals surface area (Å²) in [6, 6.07) is 0. The van der Waals surface area contributed by atoms with Crippen molar-refractivity contribution in [2.24, 2.45) is 11.8 Å². The van der Waals surface area contributed by atoms with Gasteiger partial charge in [-0.25, -0.2) is 0 Å². The average molecular weight is 410 g/mol. The number of carbonyl (C=O) groups excluding carboxylic acids is 1. The molecular formula is C6H5I2OPS. The summed E-state index contributed by atoms with van der Waals surface area (Å²) in [5.74, 6) is 3.70. The molecule has 0 bridgehead atoms. The minimum atomic E-state index is -0.0272. The Morgan fingerprint density at radius 2 is 2.36 bits per heavy atom. The van der Waals surface area contributed by atoms with Crippen LogP contribution in [0.5, 0.6) is 0 Å². The van der Waals surface area contributed by atoms with Gasteiger partial charge in [0, 0.05) is 11.8 Å². The van der Waals surface area contributed by atoms with Crippen molar-refractivity contribution in [3.05, 3.63) is 0 Å². The lowest BCUT2D eigenvalue weighted by molar-refractivity contribution is -0.108. The van der Waals surface area contributed by atoms with Gasteiger partial charge < -0.3 is 4.79 Å². The van der Waals surface area contributed by atoms with Crippen LogP contribution in [0.2, 0.25) is 0 Å². The second kappa shape index (κ2) is 5.25. The molecule has 0 aromatic carbocycles. The highest BCUT2D eigenvalue weighted by Crippen LogP contribution is 2.64. The molecule has 0 unspecified atom stereocenters. The summed E-state index contributed by atoms with van der Waals surface area (Å²) in [7, 11) is 0. The summed E-state index contributed by atoms with van der Waals surface area (Å²) < 4.78 is -0.0272. The first kappa shape index (κ1) is 10.6. The third-order valence-corrected chi connectivity index (χ3v) is 5.95. The monoisotopic (exact) mass is 410 g/mol. The number of carbonyl (C=O) groups is 1. The van der Waals surface area contributed by atoms with Crippen LogP contribution in [0.25, 0.3) is 0 Å². The normalized spacial score (nSPS) is 27.5. The van der Waals surface area contributed by atoms with Gasteiger partial charge in [0.2, 0.25) is 0 Å². The van der Waals surface area contributed by atoms with Gasteiger partial charge in [0.1, 0.15) is 6.29 Å². The van der Waals surface area contributed by atoms with E-state index in [4.69, 9.17) is 0 Å². The van der Waals surface area contributed by atoms with Crippen molar-refractivity contribution in [3.63, 3.8) is 0 Å². The molecule has 1 nitrogen and oxygen atoms in total. The molecule has 1 saturated carbocycles. The number of hydrogen-bond acceptors (Lipinski definition) is 2. The molecule has 0 amide bonds. The predicted octanol–water partition coefficient (Wildman–Crippen LogP) is 3.61. The summed E-state index contributed by atoms with van der Waals surface area (Å²) in [6.45, 7) is 0. The lowest BCUT2D eigenvalue weighted by atomic mass is 10.3. The minimum Gasteiger partial charge on any atom is -0.303 e. The number of halogens is 2. The topological polar surface area (TPSA) is 17.1 Å². The van der Waals surface area contributed by atoms with Gasteiger partial charge in [-0.15, -0.1) is 0 Å². The van der Waals surface area contributed by atoms with Crippen molar-refractivity contribution in [1.29, 1.82) is 0 Å². The first-order chi connectivity index (χ1) is 5.24. The summed E-state index contributed by atoms with van der Waals surface area (Å²) in [5, 5.41) is 3.03. The largest absolute Gasteiger partial charge is 0.303 e. The zero-order chi connectivity index (χ0) is 8.27. The molecule has 11 heavy (non-hydrogen) atoms. The number of rotatable bonds is 2. The van der Waals surface area contributed by atoms with E-state index in [9.17, 15) is 4.79 Å². The fourth-order valence-corrected chi connectivity index (χ4v) is 3.08. The Bertz CT molecular complexity index is 210. The highest BCUT2D eigenvalue weighted by Gasteiger charge is 2.35. The highest BCUT2D eigenvalue weighted by molar-refractivity contribution is 14.3. The summed E-state index contributed by atoms with van der Waals surface area (Å²) in [5.41, 5.74) is 0. The van der Waals surface area contributed by atoms with Crippen LogP contribution in [-0.2, 0) is 4.79 Å². The van der Waals surface area contributed by atoms with Gasteiger partial charge in [-0.1, -0.05) is 5.92 Å². The van der Waals surface area contributed by atoms with E-state index < -0.39 is 0 Å². The second-order valence-corrected chi connectivity index (χ2v) is 19.9. The van der Waals surface area contributed by atoms with Crippen molar-refractivity contribution in [2.45, 2.75) is 6.42 Å². The SMILES string of the molecule is O=C[C@H]1C[C@H]1C#CSP(I)I. The van der Waals surface area contributed by atoms with Crippen LogP contribution in [-0.4, -0.2) is 6.29 Å². The molecule has 0 aromatic heterocycles. The zero-order valence-corrected chi connectivity index (χ0v) is 11.5. The molecular weight excluding hydrogens is 405 g/mol. The van der Waals surface area contributed by atoms with Crippen LogP contribution < -0.4 is 0 Å². The van der Waals surface area contributed by atoms with Crippen LogP contribution >= 0.6 is 57.9 Å². The summed E-state index contributed by atoms with van der Waals surface area (Å²) in [4.78, 5) is 10.2. The molecule has 0 heterocycles. The molecule has 2 atom stereocenters. The Morgan fingerprint density at radius 3 is 2.82 bits per heavy atom. The van der Waals surface area contributed by atoms with Crippen molar-refractivity contribution in [1.82, 2.24) is 0 Å². The van der Waals surface area contributed by atoms with Gasteiger partial charge in [-0.05, 0) is 67.1 Å². The lowest BCUT2D eigenvalue weighted by Gasteiger charge is -1.86. The Morgan fingerprint density at radius 1 is 1.64 bits per heavy atom. The van der Waals surface area contributed by atoms with Crippen LogP contribution in [0.4, 0.5) is 0 Å². The first-order valence-electron chi connectivity index (χ1n) is 2.98. The van der Waals surface area contributed by atoms with E-state index >= 15 is 0 Å². The standard InChI is InChI=1S/C6H5I2OPS/c7-10(8)11-2-1-5-3-6(5)4-9/h4-6H,3H2/t5-,6-/m1/s1. The highest BCUT2D eigenvalue weighted by atomic mass is 127. The molecule has 0 aliphatic heterocycles. The van der Waals surface area contributed by atoms with Crippen LogP contribution in [0.3, 0.4) is 0 Å². The minimum absolute atomic E-state index is 0.0272. The molecule has 0 spiro atoms. The fraction of sp³-hybridized carbons (Fsp3) is 0.500. The Balaban J connectivity index is 2.19. The van der Waals surface area contributed by atoms with Crippen molar-refractivity contribution in [2.75, 3.05) is 0 Å². The van der Waals surface area contributed by atoms with Crippen molar-refractivity contribution < 1.29 is 4.79 Å². The third kappa shape index (κ3) is 4.30. The molecule has 0 saturated heterocycles. The van der Waals surface area contributed by atoms with E-state index in [2.05, 4.69) is 55.3 Å². The van der Waals surface area contributed by atoms with E-state index in [0.29, 0.717) is 5.92 Å². The molecule has 1 aliphatic carbocycles. The lowest BCUT2D eigenvalue weighted by Crippen LogP contribution is -1.77.